The average molecular weight is 276 g/mol. The summed E-state index contributed by atoms with van der Waals surface area (Å²) >= 11 is 0. The van der Waals surface area contributed by atoms with Gasteiger partial charge in [-0.05, 0) is 25.5 Å². The van der Waals surface area contributed by atoms with Crippen molar-refractivity contribution in [2.75, 3.05) is 13.2 Å². The molecule has 1 rings (SSSR count). The van der Waals surface area contributed by atoms with Gasteiger partial charge in [-0.2, -0.15) is 13.2 Å². The Bertz CT molecular complexity index is 369. The fraction of sp³-hybridized carbons (Fsp3) is 0.615. The highest BCUT2D eigenvalue weighted by Gasteiger charge is 2.26. The minimum absolute atomic E-state index is 0.0325. The second kappa shape index (κ2) is 7.99. The summed E-state index contributed by atoms with van der Waals surface area (Å²) in [5.41, 5.74) is 0.821. The number of nitrogens with zero attached hydrogens (tertiary/aromatic N) is 1. The van der Waals surface area contributed by atoms with Gasteiger partial charge >= 0.3 is 6.18 Å². The van der Waals surface area contributed by atoms with Gasteiger partial charge in [-0.1, -0.05) is 6.92 Å². The van der Waals surface area contributed by atoms with Crippen LogP contribution in [0, 0.1) is 0 Å². The molecular weight excluding hydrogens is 257 g/mol. The van der Waals surface area contributed by atoms with Crippen molar-refractivity contribution in [2.24, 2.45) is 0 Å². The van der Waals surface area contributed by atoms with E-state index in [1.165, 1.54) is 0 Å². The Morgan fingerprint density at radius 2 is 2.16 bits per heavy atom. The number of rotatable bonds is 8. The SMILES string of the molecule is CCCNCc1cc(OCCCC(F)(F)F)ccn1. The Balaban J connectivity index is 2.31. The molecule has 0 radical (unpaired) electrons. The van der Waals surface area contributed by atoms with Crippen LogP contribution in [-0.4, -0.2) is 24.3 Å². The Labute approximate surface area is 111 Å². The summed E-state index contributed by atoms with van der Waals surface area (Å²) < 4.78 is 41.1. The highest BCUT2D eigenvalue weighted by Crippen LogP contribution is 2.21. The second-order valence-electron chi connectivity index (χ2n) is 4.23. The first-order valence-electron chi connectivity index (χ1n) is 6.36. The number of aromatic nitrogens is 1. The molecule has 0 aliphatic carbocycles. The molecule has 108 valence electrons. The number of halogens is 3. The van der Waals surface area contributed by atoms with Gasteiger partial charge in [0.15, 0.2) is 0 Å². The monoisotopic (exact) mass is 276 g/mol. The van der Waals surface area contributed by atoms with Crippen LogP contribution in [0.2, 0.25) is 0 Å². The van der Waals surface area contributed by atoms with E-state index in [0.717, 1.165) is 18.7 Å². The van der Waals surface area contributed by atoms with Crippen molar-refractivity contribution in [3.63, 3.8) is 0 Å². The summed E-state index contributed by atoms with van der Waals surface area (Å²) in [5.74, 6) is 0.561. The summed E-state index contributed by atoms with van der Waals surface area (Å²) in [6.45, 7) is 3.66. The number of pyridine rings is 1. The van der Waals surface area contributed by atoms with E-state index in [1.807, 2.05) is 0 Å². The minimum atomic E-state index is -4.11. The molecule has 0 atom stereocenters. The molecule has 0 spiro atoms. The highest BCUT2D eigenvalue weighted by molar-refractivity contribution is 5.22. The zero-order valence-corrected chi connectivity index (χ0v) is 11.0. The summed E-state index contributed by atoms with van der Waals surface area (Å²) in [4.78, 5) is 4.16. The molecule has 6 heteroatoms. The number of hydrogen-bond acceptors (Lipinski definition) is 3. The molecule has 0 bridgehead atoms. The summed E-state index contributed by atoms with van der Waals surface area (Å²) in [6, 6.07) is 3.40. The minimum Gasteiger partial charge on any atom is -0.493 e. The maximum Gasteiger partial charge on any atom is 0.389 e. The molecule has 0 saturated heterocycles. The average Bonchev–Trinajstić information content (AvgIpc) is 2.35. The van der Waals surface area contributed by atoms with Crippen molar-refractivity contribution in [1.29, 1.82) is 0 Å². The molecule has 0 amide bonds. The lowest BCUT2D eigenvalue weighted by atomic mass is 10.3. The van der Waals surface area contributed by atoms with Gasteiger partial charge in [0.2, 0.25) is 0 Å². The molecule has 0 unspecified atom stereocenters. The van der Waals surface area contributed by atoms with E-state index in [9.17, 15) is 13.2 Å². The summed E-state index contributed by atoms with van der Waals surface area (Å²) in [6.07, 6.45) is -2.33. The Morgan fingerprint density at radius 1 is 1.37 bits per heavy atom. The van der Waals surface area contributed by atoms with Crippen LogP contribution in [0.15, 0.2) is 18.3 Å². The van der Waals surface area contributed by atoms with Gasteiger partial charge in [0.1, 0.15) is 5.75 Å². The van der Waals surface area contributed by atoms with Crippen molar-refractivity contribution >= 4 is 0 Å². The van der Waals surface area contributed by atoms with Crippen molar-refractivity contribution in [1.82, 2.24) is 10.3 Å². The van der Waals surface area contributed by atoms with Crippen LogP contribution in [0.3, 0.4) is 0 Å². The molecule has 3 nitrogen and oxygen atoms in total. The van der Waals surface area contributed by atoms with Gasteiger partial charge in [-0.3, -0.25) is 4.98 Å². The zero-order chi connectivity index (χ0) is 14.1. The van der Waals surface area contributed by atoms with Gasteiger partial charge < -0.3 is 10.1 Å². The highest BCUT2D eigenvalue weighted by atomic mass is 19.4. The lowest BCUT2D eigenvalue weighted by molar-refractivity contribution is -0.136. The first kappa shape index (κ1) is 15.8. The summed E-state index contributed by atoms with van der Waals surface area (Å²) in [7, 11) is 0. The molecule has 0 aromatic carbocycles. The van der Waals surface area contributed by atoms with Crippen molar-refractivity contribution in [2.45, 2.75) is 38.9 Å². The molecule has 0 aliphatic heterocycles. The maximum atomic E-state index is 11.9. The van der Waals surface area contributed by atoms with Crippen molar-refractivity contribution in [3.8, 4) is 5.75 Å². The molecule has 1 N–H and O–H groups in total. The van der Waals surface area contributed by atoms with E-state index in [0.29, 0.717) is 12.3 Å². The van der Waals surface area contributed by atoms with Crippen LogP contribution in [0.5, 0.6) is 5.75 Å². The zero-order valence-electron chi connectivity index (χ0n) is 11.0. The first-order valence-corrected chi connectivity index (χ1v) is 6.36. The number of nitrogens with one attached hydrogen (secondary N) is 1. The third-order valence-corrected chi connectivity index (χ3v) is 2.39. The molecule has 0 aliphatic rings. The topological polar surface area (TPSA) is 34.1 Å². The smallest absolute Gasteiger partial charge is 0.389 e. The lowest BCUT2D eigenvalue weighted by Gasteiger charge is -2.09. The third-order valence-electron chi connectivity index (χ3n) is 2.39. The van der Waals surface area contributed by atoms with E-state index in [1.54, 1.807) is 18.3 Å². The predicted molar refractivity (Wildman–Crippen MR) is 67.0 cm³/mol. The van der Waals surface area contributed by atoms with Crippen LogP contribution in [-0.2, 0) is 6.54 Å². The van der Waals surface area contributed by atoms with E-state index < -0.39 is 12.6 Å². The fourth-order valence-electron chi connectivity index (χ4n) is 1.50. The maximum absolute atomic E-state index is 11.9. The van der Waals surface area contributed by atoms with E-state index in [4.69, 9.17) is 4.74 Å². The van der Waals surface area contributed by atoms with Crippen molar-refractivity contribution in [3.05, 3.63) is 24.0 Å². The summed E-state index contributed by atoms with van der Waals surface area (Å²) in [5, 5.41) is 3.20. The number of ether oxygens (including phenoxy) is 1. The Morgan fingerprint density at radius 3 is 2.84 bits per heavy atom. The molecular formula is C13H19F3N2O. The fourth-order valence-corrected chi connectivity index (χ4v) is 1.50. The molecule has 1 aromatic rings. The van der Waals surface area contributed by atoms with Gasteiger partial charge in [-0.15, -0.1) is 0 Å². The largest absolute Gasteiger partial charge is 0.493 e. The van der Waals surface area contributed by atoms with Gasteiger partial charge in [-0.25, -0.2) is 0 Å². The first-order chi connectivity index (χ1) is 9.01. The van der Waals surface area contributed by atoms with Gasteiger partial charge in [0, 0.05) is 25.2 Å². The van der Waals surface area contributed by atoms with Crippen LogP contribution < -0.4 is 10.1 Å². The molecule has 0 saturated carbocycles. The molecule has 0 fully saturated rings. The molecule has 1 heterocycles. The van der Waals surface area contributed by atoms with Crippen LogP contribution in [0.4, 0.5) is 13.2 Å². The Kier molecular flexibility index (Phi) is 6.62. The lowest BCUT2D eigenvalue weighted by Crippen LogP contribution is -2.14. The van der Waals surface area contributed by atoms with E-state index in [2.05, 4.69) is 17.2 Å². The van der Waals surface area contributed by atoms with E-state index >= 15 is 0 Å². The van der Waals surface area contributed by atoms with Gasteiger partial charge in [0.05, 0.1) is 12.3 Å². The van der Waals surface area contributed by atoms with Crippen LogP contribution >= 0.6 is 0 Å². The van der Waals surface area contributed by atoms with Crippen LogP contribution in [0.25, 0.3) is 0 Å². The number of hydrogen-bond donors (Lipinski definition) is 1. The molecule has 1 aromatic heterocycles. The van der Waals surface area contributed by atoms with Gasteiger partial charge in [0.25, 0.3) is 0 Å². The quantitative estimate of drug-likeness (QED) is 0.740. The van der Waals surface area contributed by atoms with Crippen LogP contribution in [0.1, 0.15) is 31.9 Å². The molecule has 19 heavy (non-hydrogen) atoms. The third kappa shape index (κ3) is 7.66. The van der Waals surface area contributed by atoms with Crippen molar-refractivity contribution < 1.29 is 17.9 Å². The number of alkyl halides is 3. The normalized spacial score (nSPS) is 11.6. The van der Waals surface area contributed by atoms with E-state index in [-0.39, 0.29) is 13.0 Å². The second-order valence-corrected chi connectivity index (χ2v) is 4.23. The Hall–Kier alpha value is -1.30. The standard InChI is InChI=1S/C13H19F3N2O/c1-2-6-17-10-11-9-12(4-7-18-11)19-8-3-5-13(14,15)16/h4,7,9,17H,2-3,5-6,8,10H2,1H3. The predicted octanol–water partition coefficient (Wildman–Crippen LogP) is 3.30.